The van der Waals surface area contributed by atoms with Crippen LogP contribution >= 0.6 is 0 Å². The fourth-order valence-corrected chi connectivity index (χ4v) is 3.85. The number of benzene rings is 2. The van der Waals surface area contributed by atoms with Crippen molar-refractivity contribution in [3.63, 3.8) is 0 Å². The minimum Gasteiger partial charge on any atom is -0.358 e. The molecule has 0 radical (unpaired) electrons. The molecule has 0 fully saturated rings. The second-order valence-corrected chi connectivity index (χ2v) is 6.86. The molecule has 3 aromatic rings. The van der Waals surface area contributed by atoms with E-state index in [0.29, 0.717) is 5.56 Å². The van der Waals surface area contributed by atoms with Crippen molar-refractivity contribution in [2.75, 3.05) is 6.54 Å². The van der Waals surface area contributed by atoms with Crippen LogP contribution in [-0.4, -0.2) is 34.2 Å². The van der Waals surface area contributed by atoms with Gasteiger partial charge in [-0.05, 0) is 24.6 Å². The number of hydrogen-bond donors (Lipinski definition) is 3. The Morgan fingerprint density at radius 3 is 2.57 bits per heavy atom. The van der Waals surface area contributed by atoms with Crippen molar-refractivity contribution in [1.82, 2.24) is 20.7 Å². The smallest absolute Gasteiger partial charge is 0.258 e. The third-order valence-corrected chi connectivity index (χ3v) is 4.97. The standard InChI is InChI=1S/C21H20N4O3/c1-12-19(16-9-5-6-10-17(16)22-12)20-14-7-3-4-8-15(14)21(28)25(20)11-18(27)24-23-13(2)26/h3-10,20,22H,11H2,1-2H3,(H,23,26)(H,24,27). The lowest BCUT2D eigenvalue weighted by atomic mass is 9.95. The Balaban J connectivity index is 1.79. The van der Waals surface area contributed by atoms with E-state index >= 15 is 0 Å². The summed E-state index contributed by atoms with van der Waals surface area (Å²) in [6, 6.07) is 14.9. The molecule has 0 saturated carbocycles. The second-order valence-electron chi connectivity index (χ2n) is 6.86. The van der Waals surface area contributed by atoms with Gasteiger partial charge in [0.05, 0.1) is 6.04 Å². The lowest BCUT2D eigenvalue weighted by Crippen LogP contribution is -2.46. The predicted molar refractivity (Wildman–Crippen MR) is 104 cm³/mol. The summed E-state index contributed by atoms with van der Waals surface area (Å²) in [5.41, 5.74) is 8.95. The van der Waals surface area contributed by atoms with E-state index in [1.165, 1.54) is 6.92 Å². The number of amides is 3. The first-order chi connectivity index (χ1) is 13.5. The molecule has 0 bridgehead atoms. The molecule has 1 atom stereocenters. The molecule has 1 unspecified atom stereocenters. The quantitative estimate of drug-likeness (QED) is 0.612. The number of H-pyrrole nitrogens is 1. The molecule has 0 spiro atoms. The third kappa shape index (κ3) is 2.90. The van der Waals surface area contributed by atoms with Gasteiger partial charge < -0.3 is 9.88 Å². The van der Waals surface area contributed by atoms with Crippen molar-refractivity contribution in [2.24, 2.45) is 0 Å². The molecule has 2 heterocycles. The normalized spacial score (nSPS) is 15.6. The predicted octanol–water partition coefficient (Wildman–Crippen LogP) is 2.19. The number of carbonyl (C=O) groups is 3. The Morgan fingerprint density at radius 1 is 1.07 bits per heavy atom. The number of aryl methyl sites for hydroxylation is 1. The van der Waals surface area contributed by atoms with E-state index in [1.54, 1.807) is 11.0 Å². The van der Waals surface area contributed by atoms with Crippen LogP contribution < -0.4 is 10.9 Å². The highest BCUT2D eigenvalue weighted by Crippen LogP contribution is 2.42. The molecule has 28 heavy (non-hydrogen) atoms. The monoisotopic (exact) mass is 376 g/mol. The average Bonchev–Trinajstić information content (AvgIpc) is 3.14. The van der Waals surface area contributed by atoms with Crippen LogP contribution in [0.1, 0.15) is 40.1 Å². The highest BCUT2D eigenvalue weighted by atomic mass is 16.2. The minimum atomic E-state index is -0.459. The fraction of sp³-hybridized carbons (Fsp3) is 0.190. The van der Waals surface area contributed by atoms with Gasteiger partial charge in [-0.25, -0.2) is 0 Å². The highest BCUT2D eigenvalue weighted by Gasteiger charge is 2.40. The summed E-state index contributed by atoms with van der Waals surface area (Å²) >= 11 is 0. The maximum atomic E-state index is 13.1. The molecule has 7 nitrogen and oxygen atoms in total. The van der Waals surface area contributed by atoms with Gasteiger partial charge in [0.15, 0.2) is 0 Å². The van der Waals surface area contributed by atoms with E-state index in [1.807, 2.05) is 49.4 Å². The van der Waals surface area contributed by atoms with Crippen LogP contribution in [0.5, 0.6) is 0 Å². The van der Waals surface area contributed by atoms with Gasteiger partial charge in [0.25, 0.3) is 11.8 Å². The highest BCUT2D eigenvalue weighted by molar-refractivity contribution is 6.02. The number of hydrazine groups is 1. The zero-order valence-corrected chi connectivity index (χ0v) is 15.6. The van der Waals surface area contributed by atoms with E-state index in [9.17, 15) is 14.4 Å². The van der Waals surface area contributed by atoms with Crippen LogP contribution in [-0.2, 0) is 9.59 Å². The van der Waals surface area contributed by atoms with Crippen LogP contribution in [0.15, 0.2) is 48.5 Å². The van der Waals surface area contributed by atoms with Crippen LogP contribution in [0, 0.1) is 6.92 Å². The SMILES string of the molecule is CC(=O)NNC(=O)CN1C(=O)c2ccccc2C1c1c(C)[nH]c2ccccc12. The van der Waals surface area contributed by atoms with E-state index in [-0.39, 0.29) is 24.4 Å². The minimum absolute atomic E-state index is 0.169. The van der Waals surface area contributed by atoms with Gasteiger partial charge in [0.2, 0.25) is 5.91 Å². The summed E-state index contributed by atoms with van der Waals surface area (Å²) in [5.74, 6) is -1.05. The summed E-state index contributed by atoms with van der Waals surface area (Å²) in [6.45, 7) is 3.10. The number of aromatic amines is 1. The van der Waals surface area contributed by atoms with Crippen molar-refractivity contribution in [1.29, 1.82) is 0 Å². The molecule has 142 valence electrons. The van der Waals surface area contributed by atoms with Gasteiger partial charge in [-0.15, -0.1) is 0 Å². The fourth-order valence-electron chi connectivity index (χ4n) is 3.85. The molecule has 1 aliphatic rings. The zero-order chi connectivity index (χ0) is 19.8. The van der Waals surface area contributed by atoms with Gasteiger partial charge in [-0.3, -0.25) is 25.2 Å². The molecule has 2 aromatic carbocycles. The third-order valence-electron chi connectivity index (χ3n) is 4.97. The molecule has 0 saturated heterocycles. The largest absolute Gasteiger partial charge is 0.358 e. The lowest BCUT2D eigenvalue weighted by Gasteiger charge is -2.25. The van der Waals surface area contributed by atoms with Crippen LogP contribution in [0.25, 0.3) is 10.9 Å². The van der Waals surface area contributed by atoms with Crippen molar-refractivity contribution >= 4 is 28.6 Å². The molecular weight excluding hydrogens is 356 g/mol. The molecule has 4 rings (SSSR count). The number of para-hydroxylation sites is 1. The first-order valence-corrected chi connectivity index (χ1v) is 9.00. The number of rotatable bonds is 3. The maximum Gasteiger partial charge on any atom is 0.258 e. The Labute approximate surface area is 161 Å². The van der Waals surface area contributed by atoms with Crippen molar-refractivity contribution in [3.8, 4) is 0 Å². The van der Waals surface area contributed by atoms with Gasteiger partial charge >= 0.3 is 0 Å². The number of nitrogens with zero attached hydrogens (tertiary/aromatic N) is 1. The number of nitrogens with one attached hydrogen (secondary N) is 3. The van der Waals surface area contributed by atoms with E-state index in [0.717, 1.165) is 27.7 Å². The molecule has 7 heteroatoms. The number of aromatic nitrogens is 1. The van der Waals surface area contributed by atoms with E-state index in [4.69, 9.17) is 0 Å². The molecular formula is C21H20N4O3. The second kappa shape index (κ2) is 6.84. The molecule has 1 aliphatic heterocycles. The molecule has 1 aromatic heterocycles. The number of carbonyl (C=O) groups excluding carboxylic acids is 3. The van der Waals surface area contributed by atoms with Gasteiger partial charge in [0.1, 0.15) is 6.54 Å². The Kier molecular flexibility index (Phi) is 4.35. The van der Waals surface area contributed by atoms with Crippen molar-refractivity contribution in [3.05, 3.63) is 70.9 Å². The van der Waals surface area contributed by atoms with Crippen LogP contribution in [0.2, 0.25) is 0 Å². The maximum absolute atomic E-state index is 13.1. The van der Waals surface area contributed by atoms with E-state index < -0.39 is 5.91 Å². The summed E-state index contributed by atoms with van der Waals surface area (Å²) in [5, 5.41) is 1.02. The summed E-state index contributed by atoms with van der Waals surface area (Å²) < 4.78 is 0. The van der Waals surface area contributed by atoms with Crippen molar-refractivity contribution < 1.29 is 14.4 Å². The Morgan fingerprint density at radius 2 is 1.79 bits per heavy atom. The Hall–Kier alpha value is -3.61. The first-order valence-electron chi connectivity index (χ1n) is 9.00. The number of fused-ring (bicyclic) bond motifs is 2. The zero-order valence-electron chi connectivity index (χ0n) is 15.6. The van der Waals surface area contributed by atoms with E-state index in [2.05, 4.69) is 15.8 Å². The molecule has 3 amide bonds. The summed E-state index contributed by atoms with van der Waals surface area (Å²) in [7, 11) is 0. The molecule has 0 aliphatic carbocycles. The number of hydrogen-bond acceptors (Lipinski definition) is 3. The van der Waals surface area contributed by atoms with Gasteiger partial charge in [-0.1, -0.05) is 36.4 Å². The lowest BCUT2D eigenvalue weighted by molar-refractivity contribution is -0.128. The summed E-state index contributed by atoms with van der Waals surface area (Å²) in [4.78, 5) is 41.4. The Bertz CT molecular complexity index is 1100. The average molecular weight is 376 g/mol. The van der Waals surface area contributed by atoms with Crippen LogP contribution in [0.3, 0.4) is 0 Å². The topological polar surface area (TPSA) is 94.3 Å². The summed E-state index contributed by atoms with van der Waals surface area (Å²) in [6.07, 6.45) is 0. The van der Waals surface area contributed by atoms with Gasteiger partial charge in [0, 0.05) is 34.6 Å². The van der Waals surface area contributed by atoms with Crippen LogP contribution in [0.4, 0.5) is 0 Å². The molecule has 3 N–H and O–H groups in total. The first kappa shape index (κ1) is 17.8. The van der Waals surface area contributed by atoms with Crippen molar-refractivity contribution in [2.45, 2.75) is 19.9 Å². The van der Waals surface area contributed by atoms with Gasteiger partial charge in [-0.2, -0.15) is 0 Å².